The van der Waals surface area contributed by atoms with Gasteiger partial charge in [-0.1, -0.05) is 20.8 Å². The van der Waals surface area contributed by atoms with Gasteiger partial charge in [0.25, 0.3) is 0 Å². The molecule has 1 aliphatic heterocycles. The number of aryl methyl sites for hydroxylation is 1. The van der Waals surface area contributed by atoms with Crippen LogP contribution in [-0.4, -0.2) is 16.6 Å². The minimum atomic E-state index is 0.0349. The zero-order valence-electron chi connectivity index (χ0n) is 12.9. The van der Waals surface area contributed by atoms with Crippen LogP contribution in [-0.2, 0) is 19.0 Å². The van der Waals surface area contributed by atoms with Gasteiger partial charge in [-0.25, -0.2) is 0 Å². The van der Waals surface area contributed by atoms with Crippen molar-refractivity contribution in [2.24, 2.45) is 7.05 Å². The molecule has 1 aromatic heterocycles. The maximum atomic E-state index is 5.39. The number of rotatable bonds is 3. The van der Waals surface area contributed by atoms with E-state index in [0.717, 1.165) is 29.4 Å². The SMILES string of the molecule is Cn1cc(CNc2ccc3c(c2)OCO3)c(C(C)(C)C)n1. The average Bonchev–Trinajstić information content (AvgIpc) is 3.01. The molecular formula is C16H21N3O2. The van der Waals surface area contributed by atoms with Gasteiger partial charge in [-0.15, -0.1) is 0 Å². The maximum Gasteiger partial charge on any atom is 0.231 e. The van der Waals surface area contributed by atoms with Crippen molar-refractivity contribution < 1.29 is 9.47 Å². The first-order valence-electron chi connectivity index (χ1n) is 7.10. The van der Waals surface area contributed by atoms with Gasteiger partial charge < -0.3 is 14.8 Å². The van der Waals surface area contributed by atoms with Crippen molar-refractivity contribution in [3.63, 3.8) is 0 Å². The van der Waals surface area contributed by atoms with Crippen molar-refractivity contribution in [2.45, 2.75) is 32.7 Å². The first-order chi connectivity index (χ1) is 9.93. The van der Waals surface area contributed by atoms with Crippen LogP contribution in [0.1, 0.15) is 32.0 Å². The number of aromatic nitrogens is 2. The largest absolute Gasteiger partial charge is 0.454 e. The molecule has 112 valence electrons. The van der Waals surface area contributed by atoms with Crippen LogP contribution in [0.3, 0.4) is 0 Å². The number of fused-ring (bicyclic) bond motifs is 1. The first-order valence-corrected chi connectivity index (χ1v) is 7.10. The third-order valence-electron chi connectivity index (χ3n) is 3.47. The predicted molar refractivity (Wildman–Crippen MR) is 81.8 cm³/mol. The van der Waals surface area contributed by atoms with E-state index in [2.05, 4.69) is 37.4 Å². The summed E-state index contributed by atoms with van der Waals surface area (Å²) in [4.78, 5) is 0. The summed E-state index contributed by atoms with van der Waals surface area (Å²) < 4.78 is 12.6. The molecule has 0 aliphatic carbocycles. The van der Waals surface area contributed by atoms with Crippen LogP contribution < -0.4 is 14.8 Å². The quantitative estimate of drug-likeness (QED) is 0.942. The zero-order valence-corrected chi connectivity index (χ0v) is 12.9. The van der Waals surface area contributed by atoms with Gasteiger partial charge in [0.2, 0.25) is 6.79 Å². The van der Waals surface area contributed by atoms with Crippen LogP contribution in [0.4, 0.5) is 5.69 Å². The molecular weight excluding hydrogens is 266 g/mol. The number of hydrogen-bond acceptors (Lipinski definition) is 4. The Hall–Kier alpha value is -2.17. The smallest absolute Gasteiger partial charge is 0.231 e. The molecule has 1 aliphatic rings. The van der Waals surface area contributed by atoms with E-state index in [1.807, 2.05) is 29.9 Å². The maximum absolute atomic E-state index is 5.39. The summed E-state index contributed by atoms with van der Waals surface area (Å²) in [6.07, 6.45) is 2.07. The molecule has 0 radical (unpaired) electrons. The number of hydrogen-bond donors (Lipinski definition) is 1. The highest BCUT2D eigenvalue weighted by Crippen LogP contribution is 2.34. The lowest BCUT2D eigenvalue weighted by molar-refractivity contribution is 0.174. The minimum absolute atomic E-state index is 0.0349. The van der Waals surface area contributed by atoms with Crippen molar-refractivity contribution >= 4 is 5.69 Å². The van der Waals surface area contributed by atoms with E-state index in [1.54, 1.807) is 0 Å². The van der Waals surface area contributed by atoms with Crippen LogP contribution >= 0.6 is 0 Å². The molecule has 2 aromatic rings. The molecule has 0 amide bonds. The monoisotopic (exact) mass is 287 g/mol. The molecule has 0 unspecified atom stereocenters. The van der Waals surface area contributed by atoms with Crippen LogP contribution in [0.25, 0.3) is 0 Å². The highest BCUT2D eigenvalue weighted by atomic mass is 16.7. The first kappa shape index (κ1) is 13.8. The third-order valence-corrected chi connectivity index (χ3v) is 3.47. The summed E-state index contributed by atoms with van der Waals surface area (Å²) in [5.74, 6) is 1.60. The van der Waals surface area contributed by atoms with Crippen LogP contribution in [0.5, 0.6) is 11.5 Å². The average molecular weight is 287 g/mol. The molecule has 1 aromatic carbocycles. The number of anilines is 1. The topological polar surface area (TPSA) is 48.3 Å². The van der Waals surface area contributed by atoms with Gasteiger partial charge in [0, 0.05) is 42.5 Å². The summed E-state index contributed by atoms with van der Waals surface area (Å²) in [6.45, 7) is 7.58. The van der Waals surface area contributed by atoms with E-state index in [-0.39, 0.29) is 5.41 Å². The fourth-order valence-electron chi connectivity index (χ4n) is 2.50. The summed E-state index contributed by atoms with van der Waals surface area (Å²) in [7, 11) is 1.96. The van der Waals surface area contributed by atoms with Crippen molar-refractivity contribution in [1.82, 2.24) is 9.78 Å². The second-order valence-electron chi connectivity index (χ2n) is 6.35. The van der Waals surface area contributed by atoms with Crippen LogP contribution in [0.15, 0.2) is 24.4 Å². The Morgan fingerprint density at radius 3 is 2.76 bits per heavy atom. The second kappa shape index (κ2) is 4.98. The van der Waals surface area contributed by atoms with Crippen LogP contribution in [0, 0.1) is 0 Å². The fourth-order valence-corrected chi connectivity index (χ4v) is 2.50. The highest BCUT2D eigenvalue weighted by molar-refractivity contribution is 5.55. The second-order valence-corrected chi connectivity index (χ2v) is 6.35. The molecule has 5 nitrogen and oxygen atoms in total. The summed E-state index contributed by atoms with van der Waals surface area (Å²) in [6, 6.07) is 5.90. The lowest BCUT2D eigenvalue weighted by atomic mass is 9.89. The minimum Gasteiger partial charge on any atom is -0.454 e. The molecule has 5 heteroatoms. The number of nitrogens with one attached hydrogen (secondary N) is 1. The molecule has 2 heterocycles. The lowest BCUT2D eigenvalue weighted by Gasteiger charge is -2.18. The Bertz CT molecular complexity index is 656. The van der Waals surface area contributed by atoms with Gasteiger partial charge in [0.05, 0.1) is 5.69 Å². The van der Waals surface area contributed by atoms with Gasteiger partial charge >= 0.3 is 0 Å². The Balaban J connectivity index is 1.76. The van der Waals surface area contributed by atoms with Gasteiger partial charge in [-0.3, -0.25) is 4.68 Å². The summed E-state index contributed by atoms with van der Waals surface area (Å²) in [5.41, 5.74) is 3.39. The fraction of sp³-hybridized carbons (Fsp3) is 0.438. The van der Waals surface area contributed by atoms with Crippen molar-refractivity contribution in [2.75, 3.05) is 12.1 Å². The number of benzene rings is 1. The predicted octanol–water partition coefficient (Wildman–Crippen LogP) is 3.06. The Kier molecular flexibility index (Phi) is 3.27. The zero-order chi connectivity index (χ0) is 15.0. The molecule has 3 rings (SSSR count). The molecule has 0 atom stereocenters. The van der Waals surface area contributed by atoms with E-state index in [0.29, 0.717) is 6.79 Å². The lowest BCUT2D eigenvalue weighted by Crippen LogP contribution is -2.16. The van der Waals surface area contributed by atoms with E-state index < -0.39 is 0 Å². The Labute approximate surface area is 124 Å². The number of ether oxygens (including phenoxy) is 2. The van der Waals surface area contributed by atoms with E-state index in [1.165, 1.54) is 5.56 Å². The van der Waals surface area contributed by atoms with Gasteiger partial charge in [0.15, 0.2) is 11.5 Å². The van der Waals surface area contributed by atoms with E-state index in [4.69, 9.17) is 9.47 Å². The van der Waals surface area contributed by atoms with Crippen molar-refractivity contribution in [3.05, 3.63) is 35.7 Å². The van der Waals surface area contributed by atoms with Crippen LogP contribution in [0.2, 0.25) is 0 Å². The molecule has 0 spiro atoms. The Morgan fingerprint density at radius 2 is 2.00 bits per heavy atom. The van der Waals surface area contributed by atoms with Gasteiger partial charge in [-0.05, 0) is 12.1 Å². The molecule has 0 saturated heterocycles. The van der Waals surface area contributed by atoms with Gasteiger partial charge in [0.1, 0.15) is 0 Å². The van der Waals surface area contributed by atoms with Crippen molar-refractivity contribution in [1.29, 1.82) is 0 Å². The van der Waals surface area contributed by atoms with E-state index >= 15 is 0 Å². The Morgan fingerprint density at radius 1 is 1.24 bits per heavy atom. The standard InChI is InChI=1S/C16H21N3O2/c1-16(2,3)15-11(9-19(4)18-15)8-17-12-5-6-13-14(7-12)21-10-20-13/h5-7,9,17H,8,10H2,1-4H3. The van der Waals surface area contributed by atoms with E-state index in [9.17, 15) is 0 Å². The van der Waals surface area contributed by atoms with Gasteiger partial charge in [-0.2, -0.15) is 5.10 Å². The molecule has 0 fully saturated rings. The summed E-state index contributed by atoms with van der Waals surface area (Å²) >= 11 is 0. The third kappa shape index (κ3) is 2.82. The summed E-state index contributed by atoms with van der Waals surface area (Å²) in [5, 5.41) is 8.01. The number of nitrogens with zero attached hydrogens (tertiary/aromatic N) is 2. The van der Waals surface area contributed by atoms with Crippen molar-refractivity contribution in [3.8, 4) is 11.5 Å². The molecule has 0 saturated carbocycles. The molecule has 0 bridgehead atoms. The molecule has 21 heavy (non-hydrogen) atoms. The normalized spacial score (nSPS) is 13.5. The highest BCUT2D eigenvalue weighted by Gasteiger charge is 2.21. The molecule has 1 N–H and O–H groups in total.